The number of benzene rings is 3. The number of halogens is 1. The Morgan fingerprint density at radius 3 is 2.36 bits per heavy atom. The molecule has 4 rings (SSSR count). The molecule has 0 spiro atoms. The van der Waals surface area contributed by atoms with Gasteiger partial charge in [-0.2, -0.15) is 0 Å². The molecule has 1 amide bonds. The summed E-state index contributed by atoms with van der Waals surface area (Å²) in [6.45, 7) is 0.865. The summed E-state index contributed by atoms with van der Waals surface area (Å²) in [7, 11) is 0. The number of anilines is 1. The molecule has 0 atom stereocenters. The van der Waals surface area contributed by atoms with Crippen LogP contribution in [0.4, 0.5) is 10.1 Å². The van der Waals surface area contributed by atoms with Crippen molar-refractivity contribution >= 4 is 28.3 Å². The minimum atomic E-state index is -1.19. The summed E-state index contributed by atoms with van der Waals surface area (Å²) in [4.78, 5) is 24.3. The molecule has 0 aliphatic carbocycles. The minimum Gasteiger partial charge on any atom is -0.490 e. The van der Waals surface area contributed by atoms with Crippen LogP contribution in [-0.4, -0.2) is 30.2 Å². The van der Waals surface area contributed by atoms with Crippen molar-refractivity contribution in [3.05, 3.63) is 65.5 Å². The lowest BCUT2D eigenvalue weighted by Gasteiger charge is -2.14. The number of carbonyl (C=O) groups is 2. The molecular weight excluding hydrogens is 365 g/mol. The number of carbonyl (C=O) groups excluding carboxylic acids is 1. The second kappa shape index (κ2) is 7.19. The summed E-state index contributed by atoms with van der Waals surface area (Å²) in [6.07, 6.45) is 0.677. The topological polar surface area (TPSA) is 84.9 Å². The first-order chi connectivity index (χ1) is 13.5. The number of carboxylic acid groups (broad SMARTS) is 1. The first-order valence-corrected chi connectivity index (χ1v) is 8.69. The van der Waals surface area contributed by atoms with E-state index in [1.807, 2.05) is 0 Å². The van der Waals surface area contributed by atoms with Crippen molar-refractivity contribution in [2.24, 2.45) is 0 Å². The monoisotopic (exact) mass is 381 g/mol. The highest BCUT2D eigenvalue weighted by Crippen LogP contribution is 2.35. The summed E-state index contributed by atoms with van der Waals surface area (Å²) in [6, 6.07) is 11.9. The molecule has 0 fully saturated rings. The lowest BCUT2D eigenvalue weighted by Crippen LogP contribution is -2.15. The minimum absolute atomic E-state index is 0.0968. The lowest BCUT2D eigenvalue weighted by molar-refractivity contribution is 0.0697. The van der Waals surface area contributed by atoms with Gasteiger partial charge in [0.25, 0.3) is 5.91 Å². The van der Waals surface area contributed by atoms with Gasteiger partial charge in [0, 0.05) is 24.1 Å². The maximum absolute atomic E-state index is 13.3. The Hall–Kier alpha value is -3.61. The van der Waals surface area contributed by atoms with Crippen LogP contribution < -0.4 is 14.8 Å². The number of fused-ring (bicyclic) bond motifs is 2. The fourth-order valence-electron chi connectivity index (χ4n) is 3.04. The summed E-state index contributed by atoms with van der Waals surface area (Å²) in [5.74, 6) is -1.32. The third-order valence-corrected chi connectivity index (χ3v) is 4.43. The Morgan fingerprint density at radius 1 is 0.929 bits per heavy atom. The van der Waals surface area contributed by atoms with Gasteiger partial charge in [-0.05, 0) is 35.0 Å². The first-order valence-electron chi connectivity index (χ1n) is 8.69. The molecule has 6 nitrogen and oxygen atoms in total. The smallest absolute Gasteiger partial charge is 0.337 e. The first kappa shape index (κ1) is 17.8. The van der Waals surface area contributed by atoms with Gasteiger partial charge in [-0.15, -0.1) is 0 Å². The van der Waals surface area contributed by atoms with Crippen molar-refractivity contribution in [1.29, 1.82) is 0 Å². The third kappa shape index (κ3) is 3.46. The molecule has 7 heteroatoms. The predicted octanol–water partition coefficient (Wildman–Crippen LogP) is 4.09. The number of rotatable bonds is 3. The molecule has 0 aromatic heterocycles. The van der Waals surface area contributed by atoms with E-state index in [0.29, 0.717) is 47.5 Å². The number of nitrogens with one attached hydrogen (secondary N) is 1. The van der Waals surface area contributed by atoms with Crippen LogP contribution in [0.15, 0.2) is 48.5 Å². The average molecular weight is 381 g/mol. The lowest BCUT2D eigenvalue weighted by atomic mass is 10.1. The van der Waals surface area contributed by atoms with Crippen LogP contribution in [0, 0.1) is 5.82 Å². The van der Waals surface area contributed by atoms with Gasteiger partial charge in [0.15, 0.2) is 11.5 Å². The molecule has 0 unspecified atom stereocenters. The molecule has 28 heavy (non-hydrogen) atoms. The fourth-order valence-corrected chi connectivity index (χ4v) is 3.04. The SMILES string of the molecule is O=C(Nc1cc2c(cc1C(=O)O)OCCCO2)c1ccc2cc(F)ccc2c1. The Bertz CT molecular complexity index is 1100. The van der Waals surface area contributed by atoms with Gasteiger partial charge >= 0.3 is 5.97 Å². The molecular formula is C21H16FNO5. The molecule has 0 bridgehead atoms. The van der Waals surface area contributed by atoms with E-state index >= 15 is 0 Å². The van der Waals surface area contributed by atoms with Crippen molar-refractivity contribution < 1.29 is 28.6 Å². The van der Waals surface area contributed by atoms with Crippen LogP contribution in [-0.2, 0) is 0 Å². The molecule has 1 aliphatic rings. The van der Waals surface area contributed by atoms with E-state index in [9.17, 15) is 19.1 Å². The molecule has 3 aromatic rings. The summed E-state index contributed by atoms with van der Waals surface area (Å²) in [5, 5.41) is 13.5. The normalized spacial score (nSPS) is 13.0. The van der Waals surface area contributed by atoms with E-state index in [1.165, 1.54) is 24.3 Å². The quantitative estimate of drug-likeness (QED) is 0.714. The number of ether oxygens (including phenoxy) is 2. The average Bonchev–Trinajstić information content (AvgIpc) is 2.91. The van der Waals surface area contributed by atoms with Crippen molar-refractivity contribution in [2.75, 3.05) is 18.5 Å². The highest BCUT2D eigenvalue weighted by atomic mass is 19.1. The van der Waals surface area contributed by atoms with Gasteiger partial charge in [0.1, 0.15) is 5.82 Å². The fraction of sp³-hybridized carbons (Fsp3) is 0.143. The summed E-state index contributed by atoms with van der Waals surface area (Å²) in [5.41, 5.74) is 0.337. The summed E-state index contributed by atoms with van der Waals surface area (Å²) < 4.78 is 24.4. The van der Waals surface area contributed by atoms with Crippen LogP contribution in [0.3, 0.4) is 0 Å². The zero-order valence-corrected chi connectivity index (χ0v) is 14.7. The van der Waals surface area contributed by atoms with Crippen molar-refractivity contribution in [3.63, 3.8) is 0 Å². The van der Waals surface area contributed by atoms with E-state index in [0.717, 1.165) is 0 Å². The second-order valence-corrected chi connectivity index (χ2v) is 6.36. The third-order valence-electron chi connectivity index (χ3n) is 4.43. The van der Waals surface area contributed by atoms with E-state index in [1.54, 1.807) is 24.3 Å². The molecule has 3 aromatic carbocycles. The van der Waals surface area contributed by atoms with Gasteiger partial charge < -0.3 is 19.9 Å². The maximum Gasteiger partial charge on any atom is 0.337 e. The Morgan fingerprint density at radius 2 is 1.61 bits per heavy atom. The molecule has 1 heterocycles. The number of amides is 1. The van der Waals surface area contributed by atoms with Crippen LogP contribution in [0.25, 0.3) is 10.8 Å². The van der Waals surface area contributed by atoms with E-state index in [2.05, 4.69) is 5.32 Å². The van der Waals surface area contributed by atoms with Crippen LogP contribution >= 0.6 is 0 Å². The largest absolute Gasteiger partial charge is 0.490 e. The van der Waals surface area contributed by atoms with Gasteiger partial charge in [-0.1, -0.05) is 12.1 Å². The standard InChI is InChI=1S/C21H16FNO5/c22-15-5-4-12-8-14(3-2-13(12)9-15)20(24)23-17-11-19-18(10-16(17)21(25)26)27-6-1-7-28-19/h2-5,8-11H,1,6-7H2,(H,23,24)(H,25,26). The number of carboxylic acids is 1. The van der Waals surface area contributed by atoms with Crippen LogP contribution in [0.1, 0.15) is 27.1 Å². The molecule has 1 aliphatic heterocycles. The van der Waals surface area contributed by atoms with E-state index < -0.39 is 11.9 Å². The molecule has 0 saturated heterocycles. The Balaban J connectivity index is 1.68. The van der Waals surface area contributed by atoms with Crippen LogP contribution in [0.2, 0.25) is 0 Å². The number of aromatic carboxylic acids is 1. The van der Waals surface area contributed by atoms with Gasteiger partial charge in [0.2, 0.25) is 0 Å². The highest BCUT2D eigenvalue weighted by molar-refractivity contribution is 6.09. The highest BCUT2D eigenvalue weighted by Gasteiger charge is 2.20. The second-order valence-electron chi connectivity index (χ2n) is 6.36. The van der Waals surface area contributed by atoms with E-state index in [4.69, 9.17) is 9.47 Å². The number of hydrogen-bond donors (Lipinski definition) is 2. The Labute approximate surface area is 159 Å². The van der Waals surface area contributed by atoms with Gasteiger partial charge in [-0.25, -0.2) is 9.18 Å². The van der Waals surface area contributed by atoms with Crippen LogP contribution in [0.5, 0.6) is 11.5 Å². The van der Waals surface area contributed by atoms with Crippen molar-refractivity contribution in [3.8, 4) is 11.5 Å². The summed E-state index contributed by atoms with van der Waals surface area (Å²) >= 11 is 0. The van der Waals surface area contributed by atoms with E-state index in [-0.39, 0.29) is 17.1 Å². The maximum atomic E-state index is 13.3. The van der Waals surface area contributed by atoms with Gasteiger partial charge in [-0.3, -0.25) is 4.79 Å². The number of hydrogen-bond acceptors (Lipinski definition) is 4. The predicted molar refractivity (Wildman–Crippen MR) is 101 cm³/mol. The molecule has 142 valence electrons. The zero-order valence-electron chi connectivity index (χ0n) is 14.7. The molecule has 0 saturated carbocycles. The zero-order chi connectivity index (χ0) is 19.7. The van der Waals surface area contributed by atoms with Gasteiger partial charge in [0.05, 0.1) is 24.5 Å². The van der Waals surface area contributed by atoms with Crippen molar-refractivity contribution in [1.82, 2.24) is 0 Å². The Kier molecular flexibility index (Phi) is 4.57. The molecule has 0 radical (unpaired) electrons. The van der Waals surface area contributed by atoms with Crippen molar-refractivity contribution in [2.45, 2.75) is 6.42 Å². The molecule has 2 N–H and O–H groups in total.